The number of hydrogen-bond acceptors (Lipinski definition) is 3. The maximum absolute atomic E-state index is 12.4. The van der Waals surface area contributed by atoms with E-state index >= 15 is 0 Å². The highest BCUT2D eigenvalue weighted by atomic mass is 16.5. The Hall–Kier alpha value is -1.97. The minimum absolute atomic E-state index is 0.0166. The molecule has 2 atom stereocenters. The van der Waals surface area contributed by atoms with Crippen molar-refractivity contribution < 1.29 is 9.53 Å². The summed E-state index contributed by atoms with van der Waals surface area (Å²) in [4.78, 5) is 12.4. The maximum Gasteiger partial charge on any atom is 0.156 e. The number of carbonyl (C=O) groups is 1. The molecule has 0 saturated carbocycles. The van der Waals surface area contributed by atoms with Crippen molar-refractivity contribution in [2.24, 2.45) is 5.73 Å². The average Bonchev–Trinajstić information content (AvgIpc) is 2.55. The second kappa shape index (κ2) is 6.20. The van der Waals surface area contributed by atoms with E-state index in [2.05, 4.69) is 6.07 Å². The van der Waals surface area contributed by atoms with Crippen LogP contribution >= 0.6 is 0 Å². The van der Waals surface area contributed by atoms with Gasteiger partial charge in [-0.1, -0.05) is 54.6 Å². The van der Waals surface area contributed by atoms with Crippen molar-refractivity contribution in [1.29, 1.82) is 0 Å². The lowest BCUT2D eigenvalue weighted by molar-refractivity contribution is -0.123. The van der Waals surface area contributed by atoms with Gasteiger partial charge in [-0.15, -0.1) is 0 Å². The summed E-state index contributed by atoms with van der Waals surface area (Å²) in [5.41, 5.74) is 9.32. The molecule has 2 aromatic carbocycles. The standard InChI is InChI=1S/C18H19NO2/c19-18(14-7-2-1-3-8-14)16(20)12-17-15-9-5-4-6-13(15)10-11-21-17/h1-9,17-18H,10-12,19H2/t17?,18-/m1/s1. The summed E-state index contributed by atoms with van der Waals surface area (Å²) in [6, 6.07) is 17.1. The third-order valence-electron chi connectivity index (χ3n) is 3.98. The largest absolute Gasteiger partial charge is 0.373 e. The lowest BCUT2D eigenvalue weighted by Crippen LogP contribution is -2.26. The van der Waals surface area contributed by atoms with Gasteiger partial charge in [-0.25, -0.2) is 0 Å². The van der Waals surface area contributed by atoms with Gasteiger partial charge in [-0.2, -0.15) is 0 Å². The zero-order valence-electron chi connectivity index (χ0n) is 11.9. The molecule has 0 saturated heterocycles. The Morgan fingerprint density at radius 1 is 1.14 bits per heavy atom. The zero-order chi connectivity index (χ0) is 14.7. The number of benzene rings is 2. The predicted octanol–water partition coefficient (Wildman–Crippen LogP) is 2.96. The van der Waals surface area contributed by atoms with Crippen LogP contribution in [0.1, 0.15) is 35.3 Å². The Bertz CT molecular complexity index is 624. The van der Waals surface area contributed by atoms with Gasteiger partial charge < -0.3 is 10.5 Å². The van der Waals surface area contributed by atoms with Gasteiger partial charge >= 0.3 is 0 Å². The third kappa shape index (κ3) is 3.04. The molecule has 0 radical (unpaired) electrons. The SMILES string of the molecule is N[C@@H](C(=O)CC1OCCc2ccccc21)c1ccccc1. The van der Waals surface area contributed by atoms with Gasteiger partial charge in [0.1, 0.15) is 0 Å². The van der Waals surface area contributed by atoms with E-state index in [1.165, 1.54) is 5.56 Å². The van der Waals surface area contributed by atoms with Gasteiger partial charge in [-0.3, -0.25) is 4.79 Å². The van der Waals surface area contributed by atoms with Crippen molar-refractivity contribution in [3.8, 4) is 0 Å². The van der Waals surface area contributed by atoms with Crippen LogP contribution in [0.15, 0.2) is 54.6 Å². The van der Waals surface area contributed by atoms with Crippen molar-refractivity contribution in [3.05, 3.63) is 71.3 Å². The van der Waals surface area contributed by atoms with Crippen molar-refractivity contribution in [1.82, 2.24) is 0 Å². The van der Waals surface area contributed by atoms with E-state index in [9.17, 15) is 4.79 Å². The van der Waals surface area contributed by atoms with Crippen LogP contribution in [0.2, 0.25) is 0 Å². The van der Waals surface area contributed by atoms with Gasteiger partial charge in [0.05, 0.1) is 18.8 Å². The van der Waals surface area contributed by atoms with Gasteiger partial charge in [0, 0.05) is 6.42 Å². The molecule has 0 aromatic heterocycles. The van der Waals surface area contributed by atoms with E-state index in [-0.39, 0.29) is 11.9 Å². The lowest BCUT2D eigenvalue weighted by atomic mass is 9.92. The first-order chi connectivity index (χ1) is 10.3. The molecule has 1 aliphatic rings. The summed E-state index contributed by atoms with van der Waals surface area (Å²) in [5, 5.41) is 0. The fraction of sp³-hybridized carbons (Fsp3) is 0.278. The van der Waals surface area contributed by atoms with Crippen molar-refractivity contribution >= 4 is 5.78 Å². The fourth-order valence-corrected chi connectivity index (χ4v) is 2.80. The molecule has 3 nitrogen and oxygen atoms in total. The topological polar surface area (TPSA) is 52.3 Å². The van der Waals surface area contributed by atoms with Crippen molar-refractivity contribution in [2.45, 2.75) is 25.0 Å². The third-order valence-corrected chi connectivity index (χ3v) is 3.98. The van der Waals surface area contributed by atoms with Crippen LogP contribution in [0.4, 0.5) is 0 Å². The number of carbonyl (C=O) groups excluding carboxylic acids is 1. The number of hydrogen-bond donors (Lipinski definition) is 1. The van der Waals surface area contributed by atoms with E-state index in [1.807, 2.05) is 48.5 Å². The Kier molecular flexibility index (Phi) is 4.13. The van der Waals surface area contributed by atoms with Crippen molar-refractivity contribution in [3.63, 3.8) is 0 Å². The smallest absolute Gasteiger partial charge is 0.156 e. The monoisotopic (exact) mass is 281 g/mol. The Morgan fingerprint density at radius 2 is 1.86 bits per heavy atom. The number of nitrogens with two attached hydrogens (primary N) is 1. The Labute approximate surface area is 124 Å². The molecule has 2 aromatic rings. The number of rotatable bonds is 4. The highest BCUT2D eigenvalue weighted by molar-refractivity contribution is 5.85. The van der Waals surface area contributed by atoms with Crippen LogP contribution in [0.25, 0.3) is 0 Å². The zero-order valence-corrected chi connectivity index (χ0v) is 11.9. The van der Waals surface area contributed by atoms with Gasteiger partial charge in [0.25, 0.3) is 0 Å². The van der Waals surface area contributed by atoms with Crippen LogP contribution in [0.5, 0.6) is 0 Å². The number of Topliss-reactive ketones (excluding diaryl/α,β-unsaturated/α-hetero) is 1. The van der Waals surface area contributed by atoms with E-state index in [0.717, 1.165) is 17.5 Å². The molecule has 0 bridgehead atoms. The normalized spacial score (nSPS) is 18.8. The number of fused-ring (bicyclic) bond motifs is 1. The summed E-state index contributed by atoms with van der Waals surface area (Å²) >= 11 is 0. The lowest BCUT2D eigenvalue weighted by Gasteiger charge is -2.26. The molecule has 1 unspecified atom stereocenters. The molecule has 3 rings (SSSR count). The quantitative estimate of drug-likeness (QED) is 0.937. The second-order valence-electron chi connectivity index (χ2n) is 5.37. The van der Waals surface area contributed by atoms with Crippen LogP contribution in [0.3, 0.4) is 0 Å². The van der Waals surface area contributed by atoms with E-state index < -0.39 is 6.04 Å². The molecule has 0 fully saturated rings. The van der Waals surface area contributed by atoms with Gasteiger partial charge in [0.15, 0.2) is 5.78 Å². The van der Waals surface area contributed by atoms with Crippen molar-refractivity contribution in [2.75, 3.05) is 6.61 Å². The minimum Gasteiger partial charge on any atom is -0.373 e. The second-order valence-corrected chi connectivity index (χ2v) is 5.37. The maximum atomic E-state index is 12.4. The molecule has 2 N–H and O–H groups in total. The highest BCUT2D eigenvalue weighted by Gasteiger charge is 2.26. The van der Waals surface area contributed by atoms with E-state index in [0.29, 0.717) is 13.0 Å². The Balaban J connectivity index is 1.74. The van der Waals surface area contributed by atoms with Gasteiger partial charge in [0.2, 0.25) is 0 Å². The summed E-state index contributed by atoms with van der Waals surface area (Å²) in [7, 11) is 0. The molecule has 0 aliphatic carbocycles. The molecule has 108 valence electrons. The summed E-state index contributed by atoms with van der Waals surface area (Å²) < 4.78 is 5.78. The molecular weight excluding hydrogens is 262 g/mol. The average molecular weight is 281 g/mol. The first kappa shape index (κ1) is 14.0. The summed E-state index contributed by atoms with van der Waals surface area (Å²) in [6.07, 6.45) is 1.07. The summed E-state index contributed by atoms with van der Waals surface area (Å²) in [6.45, 7) is 0.662. The van der Waals surface area contributed by atoms with Crippen LogP contribution < -0.4 is 5.73 Å². The Morgan fingerprint density at radius 3 is 2.67 bits per heavy atom. The molecular formula is C18H19NO2. The minimum atomic E-state index is -0.580. The van der Waals surface area contributed by atoms with Crippen LogP contribution in [-0.2, 0) is 16.0 Å². The summed E-state index contributed by atoms with van der Waals surface area (Å²) in [5.74, 6) is 0.0166. The van der Waals surface area contributed by atoms with Crippen LogP contribution in [-0.4, -0.2) is 12.4 Å². The fourth-order valence-electron chi connectivity index (χ4n) is 2.80. The predicted molar refractivity (Wildman–Crippen MR) is 81.8 cm³/mol. The van der Waals surface area contributed by atoms with E-state index in [1.54, 1.807) is 0 Å². The molecule has 1 aliphatic heterocycles. The molecule has 1 heterocycles. The number of ketones is 1. The first-order valence-corrected chi connectivity index (χ1v) is 7.28. The first-order valence-electron chi connectivity index (χ1n) is 7.28. The van der Waals surface area contributed by atoms with Gasteiger partial charge in [-0.05, 0) is 23.1 Å². The molecule has 0 spiro atoms. The molecule has 0 amide bonds. The van der Waals surface area contributed by atoms with E-state index in [4.69, 9.17) is 10.5 Å². The molecule has 21 heavy (non-hydrogen) atoms. The highest BCUT2D eigenvalue weighted by Crippen LogP contribution is 2.31. The van der Waals surface area contributed by atoms with Crippen LogP contribution in [0, 0.1) is 0 Å². The number of ether oxygens (including phenoxy) is 1. The molecule has 3 heteroatoms.